The van der Waals surface area contributed by atoms with Crippen molar-refractivity contribution in [3.05, 3.63) is 64.7 Å². The Balaban J connectivity index is 2.50. The van der Waals surface area contributed by atoms with E-state index < -0.39 is 5.60 Å². The summed E-state index contributed by atoms with van der Waals surface area (Å²) in [5, 5.41) is 11.1. The maximum atomic E-state index is 11.1. The zero-order valence-corrected chi connectivity index (χ0v) is 13.5. The minimum absolute atomic E-state index is 0.0710. The molecule has 0 radical (unpaired) electrons. The van der Waals surface area contributed by atoms with E-state index in [9.17, 15) is 5.11 Å². The molecule has 2 rings (SSSR count). The molecule has 1 unspecified atom stereocenters. The number of hydrogen-bond acceptors (Lipinski definition) is 2. The molecule has 2 aromatic carbocycles. The molecule has 2 aromatic rings. The molecule has 2 nitrogen and oxygen atoms in total. The number of aryl methyl sites for hydroxylation is 2. The summed E-state index contributed by atoms with van der Waals surface area (Å²) in [6.07, 6.45) is 0.0710. The number of rotatable bonds is 4. The first kappa shape index (κ1) is 15.6. The van der Waals surface area contributed by atoms with E-state index in [4.69, 9.17) is 4.74 Å². The van der Waals surface area contributed by atoms with Crippen molar-refractivity contribution in [3.8, 4) is 5.75 Å². The van der Waals surface area contributed by atoms with Crippen molar-refractivity contribution in [2.45, 2.75) is 46.3 Å². The van der Waals surface area contributed by atoms with Crippen molar-refractivity contribution >= 4 is 0 Å². The predicted octanol–water partition coefficient (Wildman–Crippen LogP) is 4.35. The molecule has 0 saturated heterocycles. The molecule has 21 heavy (non-hydrogen) atoms. The van der Waals surface area contributed by atoms with Gasteiger partial charge in [-0.2, -0.15) is 0 Å². The first-order valence-corrected chi connectivity index (χ1v) is 7.38. The molecule has 0 aliphatic rings. The largest absolute Gasteiger partial charge is 0.491 e. The Labute approximate surface area is 127 Å². The second-order valence-electron chi connectivity index (χ2n) is 6.03. The lowest BCUT2D eigenvalue weighted by atomic mass is 9.86. The Morgan fingerprint density at radius 2 is 1.67 bits per heavy atom. The summed E-state index contributed by atoms with van der Waals surface area (Å²) < 4.78 is 5.85. The van der Waals surface area contributed by atoms with Crippen molar-refractivity contribution in [1.29, 1.82) is 0 Å². The van der Waals surface area contributed by atoms with Crippen molar-refractivity contribution in [1.82, 2.24) is 0 Å². The van der Waals surface area contributed by atoms with Gasteiger partial charge in [-0.1, -0.05) is 36.4 Å². The molecule has 2 heteroatoms. The van der Waals surface area contributed by atoms with Gasteiger partial charge in [-0.15, -0.1) is 0 Å². The fraction of sp³-hybridized carbons (Fsp3) is 0.368. The molecule has 0 amide bonds. The number of hydrogen-bond donors (Lipinski definition) is 1. The summed E-state index contributed by atoms with van der Waals surface area (Å²) in [5.74, 6) is 0.732. The van der Waals surface area contributed by atoms with Crippen LogP contribution in [-0.2, 0) is 5.60 Å². The lowest BCUT2D eigenvalue weighted by Crippen LogP contribution is -2.24. The van der Waals surface area contributed by atoms with Crippen LogP contribution in [-0.4, -0.2) is 11.2 Å². The van der Waals surface area contributed by atoms with Crippen LogP contribution in [0.3, 0.4) is 0 Å². The van der Waals surface area contributed by atoms with Crippen LogP contribution in [0.5, 0.6) is 5.75 Å². The lowest BCUT2D eigenvalue weighted by molar-refractivity contribution is 0.0957. The molecule has 0 heterocycles. The van der Waals surface area contributed by atoms with Gasteiger partial charge < -0.3 is 9.84 Å². The van der Waals surface area contributed by atoms with Gasteiger partial charge in [0.15, 0.2) is 0 Å². The predicted molar refractivity (Wildman–Crippen MR) is 86.8 cm³/mol. The first-order valence-electron chi connectivity index (χ1n) is 7.38. The molecule has 0 spiro atoms. The Hall–Kier alpha value is -1.80. The van der Waals surface area contributed by atoms with Crippen LogP contribution in [0.1, 0.15) is 43.0 Å². The topological polar surface area (TPSA) is 29.5 Å². The minimum Gasteiger partial charge on any atom is -0.491 e. The highest BCUT2D eigenvalue weighted by atomic mass is 16.5. The Morgan fingerprint density at radius 1 is 1.00 bits per heavy atom. The monoisotopic (exact) mass is 284 g/mol. The third-order valence-electron chi connectivity index (χ3n) is 3.84. The summed E-state index contributed by atoms with van der Waals surface area (Å²) >= 11 is 0. The highest BCUT2D eigenvalue weighted by Crippen LogP contribution is 2.36. The second kappa shape index (κ2) is 5.90. The standard InChI is InChI=1S/C19H24O2/c1-13(2)21-18-9-7-6-8-17(18)19(5,20)16-11-10-14(3)15(4)12-16/h6-13,20H,1-5H3. The zero-order valence-electron chi connectivity index (χ0n) is 13.5. The molecular weight excluding hydrogens is 260 g/mol. The highest BCUT2D eigenvalue weighted by Gasteiger charge is 2.29. The average Bonchev–Trinajstić information content (AvgIpc) is 2.41. The fourth-order valence-corrected chi connectivity index (χ4v) is 2.43. The van der Waals surface area contributed by atoms with E-state index in [1.165, 1.54) is 11.1 Å². The SMILES string of the molecule is Cc1ccc(C(C)(O)c2ccccc2OC(C)C)cc1C. The van der Waals surface area contributed by atoms with Gasteiger partial charge in [0.05, 0.1) is 6.10 Å². The quantitative estimate of drug-likeness (QED) is 0.904. The maximum Gasteiger partial charge on any atom is 0.126 e. The van der Waals surface area contributed by atoms with Gasteiger partial charge in [0.2, 0.25) is 0 Å². The minimum atomic E-state index is -1.08. The molecule has 0 aliphatic heterocycles. The van der Waals surface area contributed by atoms with E-state index in [0.717, 1.165) is 16.9 Å². The van der Waals surface area contributed by atoms with E-state index >= 15 is 0 Å². The summed E-state index contributed by atoms with van der Waals surface area (Å²) in [7, 11) is 0. The molecule has 0 fully saturated rings. The van der Waals surface area contributed by atoms with Gasteiger partial charge in [-0.25, -0.2) is 0 Å². The van der Waals surface area contributed by atoms with Crippen LogP contribution in [0.4, 0.5) is 0 Å². The van der Waals surface area contributed by atoms with Crippen LogP contribution in [0, 0.1) is 13.8 Å². The molecule has 0 saturated carbocycles. The van der Waals surface area contributed by atoms with E-state index in [1.54, 1.807) is 0 Å². The molecule has 112 valence electrons. The average molecular weight is 284 g/mol. The van der Waals surface area contributed by atoms with Crippen LogP contribution in [0.2, 0.25) is 0 Å². The second-order valence-corrected chi connectivity index (χ2v) is 6.03. The van der Waals surface area contributed by atoms with Crippen molar-refractivity contribution < 1.29 is 9.84 Å². The smallest absolute Gasteiger partial charge is 0.126 e. The zero-order chi connectivity index (χ0) is 15.6. The summed E-state index contributed by atoms with van der Waals surface area (Å²) in [5.41, 5.74) is 2.99. The molecule has 1 atom stereocenters. The van der Waals surface area contributed by atoms with E-state index in [2.05, 4.69) is 13.8 Å². The maximum absolute atomic E-state index is 11.1. The van der Waals surface area contributed by atoms with Gasteiger partial charge in [0.25, 0.3) is 0 Å². The molecule has 0 bridgehead atoms. The van der Waals surface area contributed by atoms with Crippen molar-refractivity contribution in [2.24, 2.45) is 0 Å². The first-order chi connectivity index (χ1) is 9.82. The number of para-hydroxylation sites is 1. The summed E-state index contributed by atoms with van der Waals surface area (Å²) in [6.45, 7) is 9.93. The Morgan fingerprint density at radius 3 is 2.29 bits per heavy atom. The molecular formula is C19H24O2. The van der Waals surface area contributed by atoms with Gasteiger partial charge in [0.1, 0.15) is 11.4 Å². The van der Waals surface area contributed by atoms with Crippen LogP contribution in [0.25, 0.3) is 0 Å². The van der Waals surface area contributed by atoms with Gasteiger partial charge in [-0.3, -0.25) is 0 Å². The Kier molecular flexibility index (Phi) is 4.38. The molecule has 0 aliphatic carbocycles. The third kappa shape index (κ3) is 3.27. The van der Waals surface area contributed by atoms with Gasteiger partial charge in [0, 0.05) is 5.56 Å². The highest BCUT2D eigenvalue weighted by molar-refractivity contribution is 5.45. The summed E-state index contributed by atoms with van der Waals surface area (Å²) in [4.78, 5) is 0. The molecule has 0 aromatic heterocycles. The van der Waals surface area contributed by atoms with Crippen molar-refractivity contribution in [2.75, 3.05) is 0 Å². The lowest BCUT2D eigenvalue weighted by Gasteiger charge is -2.28. The van der Waals surface area contributed by atoms with E-state index in [1.807, 2.05) is 63.2 Å². The number of ether oxygens (including phenoxy) is 1. The van der Waals surface area contributed by atoms with Crippen molar-refractivity contribution in [3.63, 3.8) is 0 Å². The third-order valence-corrected chi connectivity index (χ3v) is 3.84. The normalized spacial score (nSPS) is 14.0. The van der Waals surface area contributed by atoms with E-state index in [0.29, 0.717) is 0 Å². The molecule has 1 N–H and O–H groups in total. The van der Waals surface area contributed by atoms with Crippen LogP contribution >= 0.6 is 0 Å². The number of aliphatic hydroxyl groups is 1. The van der Waals surface area contributed by atoms with Gasteiger partial charge in [-0.05, 0) is 57.4 Å². The van der Waals surface area contributed by atoms with Crippen LogP contribution in [0.15, 0.2) is 42.5 Å². The van der Waals surface area contributed by atoms with E-state index in [-0.39, 0.29) is 6.10 Å². The summed E-state index contributed by atoms with van der Waals surface area (Å²) in [6, 6.07) is 13.8. The van der Waals surface area contributed by atoms with Gasteiger partial charge >= 0.3 is 0 Å². The fourth-order valence-electron chi connectivity index (χ4n) is 2.43. The number of benzene rings is 2. The Bertz CT molecular complexity index is 627. The van der Waals surface area contributed by atoms with Crippen LogP contribution < -0.4 is 4.74 Å².